The number of aryl methyl sites for hydroxylation is 1. The second-order valence-corrected chi connectivity index (χ2v) is 2.80. The van der Waals surface area contributed by atoms with Crippen LogP contribution < -0.4 is 4.74 Å². The minimum atomic E-state index is -0.508. The Bertz CT molecular complexity index is 338. The van der Waals surface area contributed by atoms with Gasteiger partial charge in [-0.05, 0) is 18.6 Å². The van der Waals surface area contributed by atoms with Gasteiger partial charge in [0.05, 0.1) is 11.5 Å². The number of rotatable bonds is 4. The molecule has 0 saturated carbocycles. The normalized spacial score (nSPS) is 9.86. The molecule has 0 radical (unpaired) electrons. The molecule has 0 fully saturated rings. The second kappa shape index (κ2) is 4.57. The van der Waals surface area contributed by atoms with Crippen LogP contribution in [0.15, 0.2) is 18.2 Å². The monoisotopic (exact) mass is 197 g/mol. The smallest absolute Gasteiger partial charge is 0.310 e. The van der Waals surface area contributed by atoms with E-state index in [0.717, 1.165) is 5.56 Å². The number of aliphatic hydroxyl groups is 1. The fraction of sp³-hybridized carbons (Fsp3) is 0.333. The molecule has 0 atom stereocenters. The minimum absolute atomic E-state index is 0.0598. The molecule has 5 nitrogen and oxygen atoms in total. The van der Waals surface area contributed by atoms with Gasteiger partial charge in [-0.25, -0.2) is 0 Å². The third kappa shape index (κ3) is 2.43. The van der Waals surface area contributed by atoms with Gasteiger partial charge in [-0.2, -0.15) is 0 Å². The Kier molecular flexibility index (Phi) is 3.41. The van der Waals surface area contributed by atoms with Gasteiger partial charge in [-0.15, -0.1) is 0 Å². The molecule has 0 heterocycles. The quantitative estimate of drug-likeness (QED) is 0.582. The van der Waals surface area contributed by atoms with Crippen LogP contribution in [0.25, 0.3) is 0 Å². The summed E-state index contributed by atoms with van der Waals surface area (Å²) in [5, 5.41) is 19.1. The number of aliphatic hydroxyl groups excluding tert-OH is 1. The van der Waals surface area contributed by atoms with Crippen molar-refractivity contribution in [1.82, 2.24) is 0 Å². The number of hydrogen-bond acceptors (Lipinski definition) is 4. The predicted molar refractivity (Wildman–Crippen MR) is 50.4 cm³/mol. The summed E-state index contributed by atoms with van der Waals surface area (Å²) in [6, 6.07) is 4.61. The Balaban J connectivity index is 2.97. The average Bonchev–Trinajstić information content (AvgIpc) is 2.14. The molecule has 1 N–H and O–H groups in total. The molecule has 0 aliphatic carbocycles. The van der Waals surface area contributed by atoms with Crippen LogP contribution in [0.5, 0.6) is 5.75 Å². The number of ether oxygens (including phenoxy) is 1. The van der Waals surface area contributed by atoms with Gasteiger partial charge in [0.15, 0.2) is 5.75 Å². The first-order chi connectivity index (χ1) is 6.65. The van der Waals surface area contributed by atoms with Crippen LogP contribution >= 0.6 is 0 Å². The Hall–Kier alpha value is -1.62. The predicted octanol–water partition coefficient (Wildman–Crippen LogP) is 1.27. The molecule has 1 aromatic rings. The summed E-state index contributed by atoms with van der Waals surface area (Å²) in [5.74, 6) is 0.198. The van der Waals surface area contributed by atoms with Gasteiger partial charge in [0.1, 0.15) is 6.61 Å². The first kappa shape index (κ1) is 10.5. The molecule has 0 aliphatic rings. The highest BCUT2D eigenvalue weighted by Gasteiger charge is 2.14. The summed E-state index contributed by atoms with van der Waals surface area (Å²) < 4.78 is 5.04. The fourth-order valence-corrected chi connectivity index (χ4v) is 1.04. The van der Waals surface area contributed by atoms with Gasteiger partial charge < -0.3 is 9.84 Å². The van der Waals surface area contributed by atoms with Gasteiger partial charge in [0, 0.05) is 6.07 Å². The molecule has 76 valence electrons. The highest BCUT2D eigenvalue weighted by Crippen LogP contribution is 2.27. The summed E-state index contributed by atoms with van der Waals surface area (Å²) in [7, 11) is 0. The van der Waals surface area contributed by atoms with E-state index in [0.29, 0.717) is 0 Å². The Morgan fingerprint density at radius 1 is 1.57 bits per heavy atom. The number of nitrogens with zero attached hydrogens (tertiary/aromatic N) is 1. The molecule has 0 saturated heterocycles. The van der Waals surface area contributed by atoms with Crippen LogP contribution in [-0.4, -0.2) is 23.2 Å². The van der Waals surface area contributed by atoms with Gasteiger partial charge in [-0.1, -0.05) is 6.07 Å². The first-order valence-corrected chi connectivity index (χ1v) is 4.14. The van der Waals surface area contributed by atoms with Crippen LogP contribution in [-0.2, 0) is 0 Å². The van der Waals surface area contributed by atoms with E-state index >= 15 is 0 Å². The van der Waals surface area contributed by atoms with Crippen molar-refractivity contribution in [3.8, 4) is 5.75 Å². The van der Waals surface area contributed by atoms with E-state index in [9.17, 15) is 10.1 Å². The van der Waals surface area contributed by atoms with Crippen LogP contribution in [0.2, 0.25) is 0 Å². The lowest BCUT2D eigenvalue weighted by molar-refractivity contribution is -0.385. The molecule has 0 spiro atoms. The zero-order valence-corrected chi connectivity index (χ0v) is 7.77. The number of hydrogen-bond donors (Lipinski definition) is 1. The molecule has 0 aliphatic heterocycles. The maximum Gasteiger partial charge on any atom is 0.310 e. The van der Waals surface area contributed by atoms with Crippen molar-refractivity contribution in [3.05, 3.63) is 33.9 Å². The van der Waals surface area contributed by atoms with Crippen molar-refractivity contribution in [2.75, 3.05) is 13.2 Å². The molecule has 5 heteroatoms. The fourth-order valence-electron chi connectivity index (χ4n) is 1.04. The Morgan fingerprint density at radius 3 is 2.86 bits per heavy atom. The highest BCUT2D eigenvalue weighted by atomic mass is 16.6. The lowest BCUT2D eigenvalue weighted by Crippen LogP contribution is -2.04. The summed E-state index contributed by atoms with van der Waals surface area (Å²) in [6.45, 7) is 1.71. The molecule has 0 aromatic heterocycles. The molecule has 0 amide bonds. The van der Waals surface area contributed by atoms with Crippen molar-refractivity contribution in [2.45, 2.75) is 6.92 Å². The van der Waals surface area contributed by atoms with Crippen molar-refractivity contribution in [2.24, 2.45) is 0 Å². The maximum absolute atomic E-state index is 10.6. The van der Waals surface area contributed by atoms with E-state index in [4.69, 9.17) is 9.84 Å². The van der Waals surface area contributed by atoms with Gasteiger partial charge in [0.25, 0.3) is 0 Å². The largest absolute Gasteiger partial charge is 0.484 e. The zero-order chi connectivity index (χ0) is 10.6. The number of nitro benzene ring substituents is 1. The summed E-state index contributed by atoms with van der Waals surface area (Å²) >= 11 is 0. The van der Waals surface area contributed by atoms with Crippen molar-refractivity contribution in [3.63, 3.8) is 0 Å². The lowest BCUT2D eigenvalue weighted by atomic mass is 10.2. The summed E-state index contributed by atoms with van der Waals surface area (Å²) in [6.07, 6.45) is 0. The van der Waals surface area contributed by atoms with E-state index in [2.05, 4.69) is 0 Å². The van der Waals surface area contributed by atoms with Crippen molar-refractivity contribution in [1.29, 1.82) is 0 Å². The van der Waals surface area contributed by atoms with Gasteiger partial charge in [-0.3, -0.25) is 10.1 Å². The average molecular weight is 197 g/mol. The van der Waals surface area contributed by atoms with E-state index in [1.54, 1.807) is 12.1 Å². The maximum atomic E-state index is 10.6. The van der Waals surface area contributed by atoms with Crippen LogP contribution in [0.4, 0.5) is 5.69 Å². The first-order valence-electron chi connectivity index (χ1n) is 4.14. The number of benzene rings is 1. The topological polar surface area (TPSA) is 72.6 Å². The third-order valence-electron chi connectivity index (χ3n) is 1.66. The Morgan fingerprint density at radius 2 is 2.29 bits per heavy atom. The molecule has 0 unspecified atom stereocenters. The molecule has 14 heavy (non-hydrogen) atoms. The molecular weight excluding hydrogens is 186 g/mol. The van der Waals surface area contributed by atoms with E-state index < -0.39 is 4.92 Å². The van der Waals surface area contributed by atoms with Crippen LogP contribution in [0.1, 0.15) is 5.56 Å². The van der Waals surface area contributed by atoms with E-state index in [-0.39, 0.29) is 24.7 Å². The SMILES string of the molecule is Cc1ccc([N+](=O)[O-])c(OCCO)c1. The minimum Gasteiger partial charge on any atom is -0.484 e. The molecule has 0 bridgehead atoms. The molecule has 1 rings (SSSR count). The molecular formula is C9H11NO4. The second-order valence-electron chi connectivity index (χ2n) is 2.80. The summed E-state index contributed by atoms with van der Waals surface area (Å²) in [4.78, 5) is 10.1. The van der Waals surface area contributed by atoms with Crippen LogP contribution in [0, 0.1) is 17.0 Å². The highest BCUT2D eigenvalue weighted by molar-refractivity contribution is 5.48. The lowest BCUT2D eigenvalue weighted by Gasteiger charge is -2.05. The summed E-state index contributed by atoms with van der Waals surface area (Å²) in [5.41, 5.74) is 0.799. The van der Waals surface area contributed by atoms with Crippen molar-refractivity contribution < 1.29 is 14.8 Å². The van der Waals surface area contributed by atoms with Gasteiger partial charge >= 0.3 is 5.69 Å². The Labute approximate surface area is 81.1 Å². The third-order valence-corrected chi connectivity index (χ3v) is 1.66. The van der Waals surface area contributed by atoms with Crippen LogP contribution in [0.3, 0.4) is 0 Å². The van der Waals surface area contributed by atoms with Crippen molar-refractivity contribution >= 4 is 5.69 Å². The zero-order valence-electron chi connectivity index (χ0n) is 7.77. The van der Waals surface area contributed by atoms with E-state index in [1.165, 1.54) is 6.07 Å². The number of nitro groups is 1. The van der Waals surface area contributed by atoms with E-state index in [1.807, 2.05) is 6.92 Å². The molecule has 1 aromatic carbocycles. The standard InChI is InChI=1S/C9H11NO4/c1-7-2-3-8(10(12)13)9(6-7)14-5-4-11/h2-3,6,11H,4-5H2,1H3. The van der Waals surface area contributed by atoms with Gasteiger partial charge in [0.2, 0.25) is 0 Å².